The monoisotopic (exact) mass is 238 g/mol. The van der Waals surface area contributed by atoms with Crippen LogP contribution in [0, 0.1) is 0 Å². The minimum Gasteiger partial charge on any atom is -0.352 e. The van der Waals surface area contributed by atoms with Crippen LogP contribution in [-0.4, -0.2) is 13.1 Å². The zero-order valence-electron chi connectivity index (χ0n) is 10.9. The minimum atomic E-state index is -0.495. The topological polar surface area (TPSA) is 55.1 Å². The number of urea groups is 1. The highest BCUT2D eigenvalue weighted by Gasteiger charge is 1.88. The molecule has 0 spiro atoms. The normalized spacial score (nSPS) is 11.0. The van der Waals surface area contributed by atoms with E-state index in [9.17, 15) is 4.79 Å². The first-order chi connectivity index (χ1) is 8.24. The zero-order valence-corrected chi connectivity index (χ0v) is 10.9. The Hall–Kier alpha value is -1.77. The van der Waals surface area contributed by atoms with Crippen molar-refractivity contribution < 1.29 is 7.65 Å². The van der Waals surface area contributed by atoms with Crippen molar-refractivity contribution in [3.63, 3.8) is 0 Å². The SMILES string of the molecule is C1=c2ccccc2=CCC1.CC.CNC(N)=O.[HH].[HH]. The highest BCUT2D eigenvalue weighted by molar-refractivity contribution is 5.71. The molecule has 0 saturated carbocycles. The molecule has 2 amide bonds. The van der Waals surface area contributed by atoms with E-state index in [4.69, 9.17) is 0 Å². The second-order valence-electron chi connectivity index (χ2n) is 3.23. The number of nitrogens with one attached hydrogen (secondary N) is 1. The average molecular weight is 238 g/mol. The van der Waals surface area contributed by atoms with Crippen molar-refractivity contribution in [1.82, 2.24) is 5.32 Å². The number of amides is 2. The van der Waals surface area contributed by atoms with E-state index in [2.05, 4.69) is 47.5 Å². The number of benzene rings is 1. The van der Waals surface area contributed by atoms with E-state index in [1.165, 1.54) is 30.3 Å². The van der Waals surface area contributed by atoms with Crippen LogP contribution < -0.4 is 21.5 Å². The largest absolute Gasteiger partial charge is 0.352 e. The van der Waals surface area contributed by atoms with Gasteiger partial charge in [-0.1, -0.05) is 50.3 Å². The Kier molecular flexibility index (Phi) is 8.47. The van der Waals surface area contributed by atoms with Gasteiger partial charge in [0.1, 0.15) is 0 Å². The molecule has 0 bridgehead atoms. The third-order valence-corrected chi connectivity index (χ3v) is 2.14. The maximum Gasteiger partial charge on any atom is 0.311 e. The van der Waals surface area contributed by atoms with Gasteiger partial charge in [0.05, 0.1) is 0 Å². The molecule has 1 aromatic rings. The molecule has 0 atom stereocenters. The Morgan fingerprint density at radius 2 is 1.53 bits per heavy atom. The third kappa shape index (κ3) is 6.40. The first kappa shape index (κ1) is 15.2. The molecule has 1 aliphatic carbocycles. The number of rotatable bonds is 0. The maximum absolute atomic E-state index is 9.48. The van der Waals surface area contributed by atoms with E-state index in [0.717, 1.165) is 0 Å². The summed E-state index contributed by atoms with van der Waals surface area (Å²) in [5, 5.41) is 4.96. The van der Waals surface area contributed by atoms with Gasteiger partial charge in [-0.2, -0.15) is 0 Å². The van der Waals surface area contributed by atoms with Crippen LogP contribution in [0.1, 0.15) is 29.5 Å². The van der Waals surface area contributed by atoms with Crippen LogP contribution in [0.15, 0.2) is 24.3 Å². The van der Waals surface area contributed by atoms with E-state index in [1.54, 1.807) is 0 Å². The first-order valence-electron chi connectivity index (χ1n) is 5.96. The van der Waals surface area contributed by atoms with Gasteiger partial charge in [0, 0.05) is 9.90 Å². The fourth-order valence-electron chi connectivity index (χ4n) is 1.36. The second-order valence-corrected chi connectivity index (χ2v) is 3.23. The van der Waals surface area contributed by atoms with Gasteiger partial charge in [0.15, 0.2) is 0 Å². The summed E-state index contributed by atoms with van der Waals surface area (Å²) in [4.78, 5) is 9.48. The molecule has 3 N–H and O–H groups in total. The fraction of sp³-hybridized carbons (Fsp3) is 0.357. The predicted octanol–water partition coefficient (Wildman–Crippen LogP) is 1.84. The summed E-state index contributed by atoms with van der Waals surface area (Å²) in [7, 11) is 1.47. The van der Waals surface area contributed by atoms with E-state index in [0.29, 0.717) is 0 Å². The number of fused-ring (bicyclic) bond motifs is 1. The lowest BCUT2D eigenvalue weighted by atomic mass is 10.1. The fourth-order valence-corrected chi connectivity index (χ4v) is 1.36. The summed E-state index contributed by atoms with van der Waals surface area (Å²) < 4.78 is 0. The highest BCUT2D eigenvalue weighted by atomic mass is 16.2. The summed E-state index contributed by atoms with van der Waals surface area (Å²) in [6.07, 6.45) is 7.01. The van der Waals surface area contributed by atoms with Gasteiger partial charge in [-0.3, -0.25) is 0 Å². The molecule has 0 aromatic heterocycles. The average Bonchev–Trinajstić information content (AvgIpc) is 2.42. The lowest BCUT2D eigenvalue weighted by Gasteiger charge is -1.96. The summed E-state index contributed by atoms with van der Waals surface area (Å²) in [5.41, 5.74) is 4.54. The van der Waals surface area contributed by atoms with E-state index < -0.39 is 6.03 Å². The van der Waals surface area contributed by atoms with Gasteiger partial charge < -0.3 is 11.1 Å². The standard InChI is InChI=1S/C10H10.C2H6N2O.C2H6.2H2/c1-2-6-10-8-4-3-7-9(10)5-1;1-4-2(3)5;1-2;;/h1-2,5-8H,3-4H2;1H3,(H3,3,4,5);1-2H3;2*1H. The number of carbonyl (C=O) groups is 1. The Labute approximate surface area is 106 Å². The van der Waals surface area contributed by atoms with Crippen LogP contribution in [0.5, 0.6) is 0 Å². The molecule has 1 aliphatic rings. The van der Waals surface area contributed by atoms with Gasteiger partial charge in [-0.15, -0.1) is 0 Å². The van der Waals surface area contributed by atoms with Crippen LogP contribution >= 0.6 is 0 Å². The predicted molar refractivity (Wildman–Crippen MR) is 78.1 cm³/mol. The smallest absolute Gasteiger partial charge is 0.311 e. The van der Waals surface area contributed by atoms with E-state index >= 15 is 0 Å². The molecule has 3 nitrogen and oxygen atoms in total. The van der Waals surface area contributed by atoms with Crippen molar-refractivity contribution in [2.24, 2.45) is 5.73 Å². The number of hydrogen-bond donors (Lipinski definition) is 2. The quantitative estimate of drug-likeness (QED) is 0.712. The molecule has 17 heavy (non-hydrogen) atoms. The Balaban J connectivity index is -0.000000251. The molecular formula is C14H26N2O. The van der Waals surface area contributed by atoms with Crippen molar-refractivity contribution in [2.45, 2.75) is 26.7 Å². The minimum absolute atomic E-state index is 0. The van der Waals surface area contributed by atoms with Crippen LogP contribution in [0.3, 0.4) is 0 Å². The lowest BCUT2D eigenvalue weighted by Crippen LogP contribution is -2.25. The summed E-state index contributed by atoms with van der Waals surface area (Å²) in [6.45, 7) is 4.00. The number of hydrogen-bond acceptors (Lipinski definition) is 1. The number of primary amides is 1. The third-order valence-electron chi connectivity index (χ3n) is 2.14. The Bertz CT molecular complexity index is 412. The first-order valence-corrected chi connectivity index (χ1v) is 5.96. The summed E-state index contributed by atoms with van der Waals surface area (Å²) >= 11 is 0. The molecule has 2 rings (SSSR count). The van der Waals surface area contributed by atoms with Crippen LogP contribution in [0.25, 0.3) is 12.2 Å². The molecule has 0 fully saturated rings. The molecule has 0 radical (unpaired) electrons. The zero-order chi connectivity index (χ0) is 13.1. The molecule has 0 aliphatic heterocycles. The van der Waals surface area contributed by atoms with Crippen molar-refractivity contribution in [2.75, 3.05) is 7.05 Å². The number of nitrogens with two attached hydrogens (primary N) is 1. The molecule has 1 aromatic carbocycles. The Morgan fingerprint density at radius 1 is 1.18 bits per heavy atom. The molecule has 0 unspecified atom stereocenters. The summed E-state index contributed by atoms with van der Waals surface area (Å²) in [5.74, 6) is 0. The van der Waals surface area contributed by atoms with Crippen molar-refractivity contribution in [3.05, 3.63) is 34.7 Å². The summed E-state index contributed by atoms with van der Waals surface area (Å²) in [6, 6.07) is 8.03. The van der Waals surface area contributed by atoms with Gasteiger partial charge in [0.2, 0.25) is 0 Å². The van der Waals surface area contributed by atoms with Crippen molar-refractivity contribution in [3.8, 4) is 0 Å². The van der Waals surface area contributed by atoms with Gasteiger partial charge in [-0.05, 0) is 23.3 Å². The van der Waals surface area contributed by atoms with Crippen LogP contribution in [0.2, 0.25) is 0 Å². The molecule has 0 heterocycles. The molecule has 3 heteroatoms. The highest BCUT2D eigenvalue weighted by Crippen LogP contribution is 1.93. The molecular weight excluding hydrogens is 212 g/mol. The van der Waals surface area contributed by atoms with Crippen molar-refractivity contribution in [1.29, 1.82) is 0 Å². The molecule has 0 saturated heterocycles. The van der Waals surface area contributed by atoms with E-state index in [1.807, 2.05) is 13.8 Å². The van der Waals surface area contributed by atoms with Crippen LogP contribution in [0.4, 0.5) is 4.79 Å². The van der Waals surface area contributed by atoms with Crippen LogP contribution in [-0.2, 0) is 0 Å². The lowest BCUT2D eigenvalue weighted by molar-refractivity contribution is 0.251. The molecule has 98 valence electrons. The Morgan fingerprint density at radius 3 is 1.82 bits per heavy atom. The van der Waals surface area contributed by atoms with Gasteiger partial charge in [0.25, 0.3) is 0 Å². The van der Waals surface area contributed by atoms with Crippen molar-refractivity contribution >= 4 is 18.2 Å². The van der Waals surface area contributed by atoms with E-state index in [-0.39, 0.29) is 2.85 Å². The van der Waals surface area contributed by atoms with Gasteiger partial charge in [-0.25, -0.2) is 4.79 Å². The number of carbonyl (C=O) groups excluding carboxylic acids is 1. The maximum atomic E-state index is 9.48. The second kappa shape index (κ2) is 9.46. The van der Waals surface area contributed by atoms with Gasteiger partial charge >= 0.3 is 6.03 Å².